The molecule has 0 saturated carbocycles. The molecule has 0 aliphatic heterocycles. The third-order valence-electron chi connectivity index (χ3n) is 10.9. The molecule has 0 atom stereocenters. The molecule has 0 aliphatic rings. The summed E-state index contributed by atoms with van der Waals surface area (Å²) in [4.78, 5) is 2.32. The van der Waals surface area contributed by atoms with Crippen molar-refractivity contribution >= 4 is 49.4 Å². The summed E-state index contributed by atoms with van der Waals surface area (Å²) in [5.74, 6) is 0. The molecule has 1 heteroatoms. The maximum Gasteiger partial charge on any atom is 0.0462 e. The average Bonchev–Trinajstić information content (AvgIpc) is 3.28. The van der Waals surface area contributed by atoms with Crippen LogP contribution in [-0.2, 0) is 0 Å². The average molecular weight is 700 g/mol. The Bertz CT molecular complexity index is 2870. The van der Waals surface area contributed by atoms with Crippen LogP contribution in [0, 0.1) is 0 Å². The molecule has 0 heterocycles. The van der Waals surface area contributed by atoms with E-state index in [-0.39, 0.29) is 0 Å². The van der Waals surface area contributed by atoms with E-state index in [4.69, 9.17) is 0 Å². The Balaban J connectivity index is 0.952. The number of hydrogen-bond donors (Lipinski definition) is 0. The molecule has 0 spiro atoms. The summed E-state index contributed by atoms with van der Waals surface area (Å²) in [6.07, 6.45) is 0. The van der Waals surface area contributed by atoms with E-state index in [1.54, 1.807) is 0 Å². The Hall–Kier alpha value is -7.22. The molecule has 0 fully saturated rings. The molecule has 0 amide bonds. The van der Waals surface area contributed by atoms with Crippen molar-refractivity contribution in [2.45, 2.75) is 0 Å². The van der Waals surface area contributed by atoms with Crippen LogP contribution < -0.4 is 4.90 Å². The first-order valence-corrected chi connectivity index (χ1v) is 18.9. The van der Waals surface area contributed by atoms with Crippen LogP contribution in [0.3, 0.4) is 0 Å². The van der Waals surface area contributed by atoms with Gasteiger partial charge in [-0.3, -0.25) is 0 Å². The fraction of sp³-hybridized carbons (Fsp3) is 0. The van der Waals surface area contributed by atoms with Crippen LogP contribution in [-0.4, -0.2) is 0 Å². The molecule has 0 bridgehead atoms. The highest BCUT2D eigenvalue weighted by molar-refractivity contribution is 6.28. The number of fused-ring (bicyclic) bond motifs is 6. The zero-order valence-electron chi connectivity index (χ0n) is 30.3. The standard InChI is InChI=1S/C54H37N/c1-3-12-38(13-4-1)39-22-24-40(25-23-39)42-30-34-46(35-31-42)55(45-14-5-2-6-15-45)47-36-32-43(33-37-47)41-26-28-44(29-27-41)48-20-11-21-53-51-17-8-7-16-49(51)50-18-9-10-19-52(50)54(48)53/h1-37H. The highest BCUT2D eigenvalue weighted by atomic mass is 15.1. The minimum Gasteiger partial charge on any atom is -0.311 e. The van der Waals surface area contributed by atoms with E-state index in [1.807, 2.05) is 0 Å². The second kappa shape index (κ2) is 14.0. The van der Waals surface area contributed by atoms with Gasteiger partial charge in [0.2, 0.25) is 0 Å². The lowest BCUT2D eigenvalue weighted by Crippen LogP contribution is -2.09. The van der Waals surface area contributed by atoms with Crippen molar-refractivity contribution in [3.8, 4) is 44.5 Å². The van der Waals surface area contributed by atoms with Gasteiger partial charge in [-0.2, -0.15) is 0 Å². The highest BCUT2D eigenvalue weighted by Crippen LogP contribution is 2.41. The summed E-state index contributed by atoms with van der Waals surface area (Å²) in [7, 11) is 0. The fourth-order valence-corrected chi connectivity index (χ4v) is 8.15. The van der Waals surface area contributed by atoms with Crippen molar-refractivity contribution in [1.82, 2.24) is 0 Å². The van der Waals surface area contributed by atoms with Gasteiger partial charge in [0.25, 0.3) is 0 Å². The van der Waals surface area contributed by atoms with Gasteiger partial charge < -0.3 is 4.90 Å². The van der Waals surface area contributed by atoms with Gasteiger partial charge in [0.1, 0.15) is 0 Å². The van der Waals surface area contributed by atoms with Crippen molar-refractivity contribution in [3.63, 3.8) is 0 Å². The van der Waals surface area contributed by atoms with Crippen LogP contribution >= 0.6 is 0 Å². The SMILES string of the molecule is c1ccc(-c2ccc(-c3ccc(N(c4ccccc4)c4ccc(-c5ccc(-c6cccc7c8ccccc8c8ccccc8c67)cc5)cc4)cc3)cc2)cc1. The number of para-hydroxylation sites is 1. The minimum absolute atomic E-state index is 1.11. The first-order valence-electron chi connectivity index (χ1n) is 18.9. The van der Waals surface area contributed by atoms with E-state index in [1.165, 1.54) is 76.8 Å². The van der Waals surface area contributed by atoms with Crippen molar-refractivity contribution in [2.24, 2.45) is 0 Å². The molecule has 10 aromatic rings. The Morgan fingerprint density at radius 2 is 0.509 bits per heavy atom. The third-order valence-corrected chi connectivity index (χ3v) is 10.9. The lowest BCUT2D eigenvalue weighted by atomic mass is 9.89. The molecule has 0 N–H and O–H groups in total. The maximum atomic E-state index is 2.32. The van der Waals surface area contributed by atoms with Crippen molar-refractivity contribution in [3.05, 3.63) is 224 Å². The zero-order chi connectivity index (χ0) is 36.6. The molecule has 55 heavy (non-hydrogen) atoms. The highest BCUT2D eigenvalue weighted by Gasteiger charge is 2.15. The summed E-state index contributed by atoms with van der Waals surface area (Å²) < 4.78 is 0. The molecule has 0 aromatic heterocycles. The van der Waals surface area contributed by atoms with Gasteiger partial charge in [-0.1, -0.05) is 188 Å². The maximum absolute atomic E-state index is 2.32. The van der Waals surface area contributed by atoms with Gasteiger partial charge in [0.15, 0.2) is 0 Å². The van der Waals surface area contributed by atoms with Crippen molar-refractivity contribution < 1.29 is 0 Å². The number of benzene rings is 10. The largest absolute Gasteiger partial charge is 0.311 e. The molecule has 10 rings (SSSR count). The molecule has 0 radical (unpaired) electrons. The molecule has 0 unspecified atom stereocenters. The monoisotopic (exact) mass is 699 g/mol. The van der Waals surface area contributed by atoms with Crippen LogP contribution in [0.4, 0.5) is 17.1 Å². The Kier molecular flexibility index (Phi) is 8.24. The number of rotatable bonds is 7. The minimum atomic E-state index is 1.11. The molecular formula is C54H37N. The first-order chi connectivity index (χ1) is 27.3. The Labute approximate surface area is 322 Å². The van der Waals surface area contributed by atoms with E-state index in [2.05, 4.69) is 229 Å². The fourth-order valence-electron chi connectivity index (χ4n) is 8.15. The van der Waals surface area contributed by atoms with Crippen molar-refractivity contribution in [2.75, 3.05) is 4.90 Å². The second-order valence-corrected chi connectivity index (χ2v) is 14.1. The lowest BCUT2D eigenvalue weighted by Gasteiger charge is -2.26. The molecule has 258 valence electrons. The van der Waals surface area contributed by atoms with Crippen LogP contribution in [0.15, 0.2) is 224 Å². The quantitative estimate of drug-likeness (QED) is 0.150. The van der Waals surface area contributed by atoms with Crippen LogP contribution in [0.2, 0.25) is 0 Å². The molecule has 10 aromatic carbocycles. The zero-order valence-corrected chi connectivity index (χ0v) is 30.3. The van der Waals surface area contributed by atoms with Crippen molar-refractivity contribution in [1.29, 1.82) is 0 Å². The van der Waals surface area contributed by atoms with E-state index in [0.29, 0.717) is 0 Å². The van der Waals surface area contributed by atoms with E-state index >= 15 is 0 Å². The molecular weight excluding hydrogens is 663 g/mol. The van der Waals surface area contributed by atoms with E-state index in [0.717, 1.165) is 17.1 Å². The van der Waals surface area contributed by atoms with Gasteiger partial charge in [-0.05, 0) is 113 Å². The Morgan fingerprint density at radius 3 is 0.982 bits per heavy atom. The lowest BCUT2D eigenvalue weighted by molar-refractivity contribution is 1.28. The first kappa shape index (κ1) is 32.4. The van der Waals surface area contributed by atoms with Crippen LogP contribution in [0.5, 0.6) is 0 Å². The summed E-state index contributed by atoms with van der Waals surface area (Å²) in [5, 5.41) is 7.79. The number of nitrogens with zero attached hydrogens (tertiary/aromatic N) is 1. The molecule has 0 aliphatic carbocycles. The van der Waals surface area contributed by atoms with Crippen LogP contribution in [0.25, 0.3) is 76.8 Å². The molecule has 1 nitrogen and oxygen atoms in total. The predicted octanol–water partition coefficient (Wildman–Crippen LogP) is 15.3. The smallest absolute Gasteiger partial charge is 0.0462 e. The predicted molar refractivity (Wildman–Crippen MR) is 235 cm³/mol. The van der Waals surface area contributed by atoms with Gasteiger partial charge in [0.05, 0.1) is 0 Å². The molecule has 0 saturated heterocycles. The number of anilines is 3. The summed E-state index contributed by atoms with van der Waals surface area (Å²) >= 11 is 0. The Morgan fingerprint density at radius 1 is 0.200 bits per heavy atom. The van der Waals surface area contributed by atoms with E-state index in [9.17, 15) is 0 Å². The summed E-state index contributed by atoms with van der Waals surface area (Å²) in [6.45, 7) is 0. The van der Waals surface area contributed by atoms with Gasteiger partial charge in [0, 0.05) is 17.1 Å². The topological polar surface area (TPSA) is 3.24 Å². The van der Waals surface area contributed by atoms with Crippen LogP contribution in [0.1, 0.15) is 0 Å². The van der Waals surface area contributed by atoms with Gasteiger partial charge >= 0.3 is 0 Å². The second-order valence-electron chi connectivity index (χ2n) is 14.1. The van der Waals surface area contributed by atoms with Gasteiger partial charge in [-0.15, -0.1) is 0 Å². The van der Waals surface area contributed by atoms with E-state index < -0.39 is 0 Å². The summed E-state index contributed by atoms with van der Waals surface area (Å²) in [5.41, 5.74) is 13.1. The summed E-state index contributed by atoms with van der Waals surface area (Å²) in [6, 6.07) is 81.2. The normalized spacial score (nSPS) is 11.3. The van der Waals surface area contributed by atoms with Gasteiger partial charge in [-0.25, -0.2) is 0 Å². The number of hydrogen-bond acceptors (Lipinski definition) is 1. The third kappa shape index (κ3) is 6.02.